The largest absolute Gasteiger partial charge is 0.493 e. The number of halogens is 1. The molecule has 0 aliphatic heterocycles. The van der Waals surface area contributed by atoms with E-state index in [1.54, 1.807) is 6.07 Å². The smallest absolute Gasteiger partial charge is 0.123 e. The summed E-state index contributed by atoms with van der Waals surface area (Å²) in [7, 11) is 1.81. The van der Waals surface area contributed by atoms with Crippen LogP contribution in [0.25, 0.3) is 0 Å². The van der Waals surface area contributed by atoms with Gasteiger partial charge in [-0.15, -0.1) is 12.3 Å². The molecule has 1 aromatic rings. The predicted octanol–water partition coefficient (Wildman–Crippen LogP) is 2.34. The Balaban J connectivity index is 2.60. The van der Waals surface area contributed by atoms with Gasteiger partial charge in [-0.2, -0.15) is 0 Å². The SMILES string of the molecule is C#CCCCOc1ccc(F)cc1CNC. The van der Waals surface area contributed by atoms with E-state index in [0.717, 1.165) is 12.0 Å². The van der Waals surface area contributed by atoms with Crippen molar-refractivity contribution in [3.63, 3.8) is 0 Å². The van der Waals surface area contributed by atoms with Crippen molar-refractivity contribution in [2.24, 2.45) is 0 Å². The molecule has 2 nitrogen and oxygen atoms in total. The third-order valence-corrected chi connectivity index (χ3v) is 2.11. The van der Waals surface area contributed by atoms with Crippen molar-refractivity contribution >= 4 is 0 Å². The van der Waals surface area contributed by atoms with Gasteiger partial charge in [-0.25, -0.2) is 4.39 Å². The maximum absolute atomic E-state index is 13.0. The number of hydrogen-bond acceptors (Lipinski definition) is 2. The number of nitrogens with one attached hydrogen (secondary N) is 1. The lowest BCUT2D eigenvalue weighted by molar-refractivity contribution is 0.308. The number of unbranched alkanes of at least 4 members (excludes halogenated alkanes) is 1. The van der Waals surface area contributed by atoms with Gasteiger partial charge in [0.25, 0.3) is 0 Å². The summed E-state index contributed by atoms with van der Waals surface area (Å²) in [6.07, 6.45) is 6.65. The Morgan fingerprint density at radius 1 is 1.50 bits per heavy atom. The van der Waals surface area contributed by atoms with Crippen molar-refractivity contribution in [1.82, 2.24) is 5.32 Å². The Morgan fingerprint density at radius 2 is 2.31 bits per heavy atom. The summed E-state index contributed by atoms with van der Waals surface area (Å²) in [5.74, 6) is 3.02. The fourth-order valence-electron chi connectivity index (χ4n) is 1.37. The third-order valence-electron chi connectivity index (χ3n) is 2.11. The van der Waals surface area contributed by atoms with E-state index in [0.29, 0.717) is 25.3 Å². The molecule has 0 unspecified atom stereocenters. The fraction of sp³-hybridized carbons (Fsp3) is 0.385. The highest BCUT2D eigenvalue weighted by molar-refractivity contribution is 5.33. The average Bonchev–Trinajstić information content (AvgIpc) is 2.27. The Morgan fingerprint density at radius 3 is 3.00 bits per heavy atom. The van der Waals surface area contributed by atoms with Gasteiger partial charge in [-0.05, 0) is 31.7 Å². The summed E-state index contributed by atoms with van der Waals surface area (Å²) in [6.45, 7) is 1.15. The zero-order chi connectivity index (χ0) is 11.8. The van der Waals surface area contributed by atoms with Gasteiger partial charge in [-0.3, -0.25) is 0 Å². The molecule has 0 heterocycles. The van der Waals surface area contributed by atoms with E-state index in [4.69, 9.17) is 11.2 Å². The molecule has 0 spiro atoms. The molecule has 86 valence electrons. The minimum atomic E-state index is -0.249. The molecule has 0 fully saturated rings. The van der Waals surface area contributed by atoms with Gasteiger partial charge in [0.1, 0.15) is 11.6 Å². The summed E-state index contributed by atoms with van der Waals surface area (Å²) >= 11 is 0. The molecule has 1 aromatic carbocycles. The van der Waals surface area contributed by atoms with Gasteiger partial charge in [-0.1, -0.05) is 0 Å². The maximum Gasteiger partial charge on any atom is 0.123 e. The van der Waals surface area contributed by atoms with E-state index in [-0.39, 0.29) is 5.82 Å². The lowest BCUT2D eigenvalue weighted by Gasteiger charge is -2.10. The van der Waals surface area contributed by atoms with Crippen LogP contribution in [-0.4, -0.2) is 13.7 Å². The molecule has 0 aliphatic carbocycles. The number of terminal acetylenes is 1. The number of benzene rings is 1. The van der Waals surface area contributed by atoms with E-state index < -0.39 is 0 Å². The molecule has 16 heavy (non-hydrogen) atoms. The predicted molar refractivity (Wildman–Crippen MR) is 62.7 cm³/mol. The third kappa shape index (κ3) is 3.92. The van der Waals surface area contributed by atoms with Gasteiger partial charge in [0.15, 0.2) is 0 Å². The zero-order valence-electron chi connectivity index (χ0n) is 9.42. The molecular weight excluding hydrogens is 205 g/mol. The molecule has 1 rings (SSSR count). The second kappa shape index (κ2) is 6.86. The van der Waals surface area contributed by atoms with E-state index in [2.05, 4.69) is 11.2 Å². The number of rotatable bonds is 6. The highest BCUT2D eigenvalue weighted by Crippen LogP contribution is 2.19. The lowest BCUT2D eigenvalue weighted by atomic mass is 10.2. The van der Waals surface area contributed by atoms with Crippen LogP contribution in [-0.2, 0) is 6.54 Å². The zero-order valence-corrected chi connectivity index (χ0v) is 9.42. The molecule has 0 radical (unpaired) electrons. The summed E-state index contributed by atoms with van der Waals surface area (Å²) in [6, 6.07) is 4.53. The van der Waals surface area contributed by atoms with E-state index in [1.807, 2.05) is 7.05 Å². The molecular formula is C13H16FNO. The van der Waals surface area contributed by atoms with Crippen LogP contribution in [0, 0.1) is 18.2 Å². The van der Waals surface area contributed by atoms with Crippen molar-refractivity contribution < 1.29 is 9.13 Å². The Labute approximate surface area is 95.8 Å². The summed E-state index contributed by atoms with van der Waals surface area (Å²) < 4.78 is 18.5. The van der Waals surface area contributed by atoms with Crippen LogP contribution in [0.2, 0.25) is 0 Å². The molecule has 1 N–H and O–H groups in total. The van der Waals surface area contributed by atoms with Crippen LogP contribution < -0.4 is 10.1 Å². The van der Waals surface area contributed by atoms with Gasteiger partial charge in [0.2, 0.25) is 0 Å². The molecule has 0 saturated carbocycles. The van der Waals surface area contributed by atoms with Crippen LogP contribution >= 0.6 is 0 Å². The van der Waals surface area contributed by atoms with Crippen LogP contribution in [0.3, 0.4) is 0 Å². The molecule has 0 aromatic heterocycles. The number of ether oxygens (including phenoxy) is 1. The number of hydrogen-bond donors (Lipinski definition) is 1. The first kappa shape index (κ1) is 12.5. The molecule has 0 saturated heterocycles. The Kier molecular flexibility index (Phi) is 5.38. The van der Waals surface area contributed by atoms with Crippen LogP contribution in [0.5, 0.6) is 5.75 Å². The molecule has 0 aliphatic rings. The second-order valence-corrected chi connectivity index (χ2v) is 3.44. The molecule has 0 bridgehead atoms. The Hall–Kier alpha value is -1.53. The van der Waals surface area contributed by atoms with E-state index >= 15 is 0 Å². The normalized spacial score (nSPS) is 9.81. The van der Waals surface area contributed by atoms with E-state index in [1.165, 1.54) is 12.1 Å². The van der Waals surface area contributed by atoms with Gasteiger partial charge in [0, 0.05) is 18.5 Å². The lowest BCUT2D eigenvalue weighted by Crippen LogP contribution is -2.08. The van der Waals surface area contributed by atoms with Gasteiger partial charge >= 0.3 is 0 Å². The Bertz CT molecular complexity index is 371. The topological polar surface area (TPSA) is 21.3 Å². The molecule has 0 atom stereocenters. The first-order chi connectivity index (χ1) is 7.77. The van der Waals surface area contributed by atoms with E-state index in [9.17, 15) is 4.39 Å². The van der Waals surface area contributed by atoms with Crippen LogP contribution in [0.1, 0.15) is 18.4 Å². The first-order valence-corrected chi connectivity index (χ1v) is 5.27. The monoisotopic (exact) mass is 221 g/mol. The quantitative estimate of drug-likeness (QED) is 0.588. The maximum atomic E-state index is 13.0. The van der Waals surface area contributed by atoms with Crippen LogP contribution in [0.4, 0.5) is 4.39 Å². The average molecular weight is 221 g/mol. The van der Waals surface area contributed by atoms with Crippen molar-refractivity contribution in [1.29, 1.82) is 0 Å². The standard InChI is InChI=1S/C13H16FNO/c1-3-4-5-8-16-13-7-6-12(14)9-11(13)10-15-2/h1,6-7,9,15H,4-5,8,10H2,2H3. The van der Waals surface area contributed by atoms with Crippen molar-refractivity contribution in [2.75, 3.05) is 13.7 Å². The summed E-state index contributed by atoms with van der Waals surface area (Å²) in [4.78, 5) is 0. The minimum absolute atomic E-state index is 0.249. The molecule has 3 heteroatoms. The fourth-order valence-corrected chi connectivity index (χ4v) is 1.37. The van der Waals surface area contributed by atoms with Gasteiger partial charge in [0.05, 0.1) is 6.61 Å². The van der Waals surface area contributed by atoms with Crippen molar-refractivity contribution in [3.05, 3.63) is 29.6 Å². The summed E-state index contributed by atoms with van der Waals surface area (Å²) in [5, 5.41) is 2.97. The van der Waals surface area contributed by atoms with Crippen molar-refractivity contribution in [2.45, 2.75) is 19.4 Å². The van der Waals surface area contributed by atoms with Crippen molar-refractivity contribution in [3.8, 4) is 18.1 Å². The second-order valence-electron chi connectivity index (χ2n) is 3.44. The highest BCUT2D eigenvalue weighted by Gasteiger charge is 2.04. The molecule has 0 amide bonds. The van der Waals surface area contributed by atoms with Gasteiger partial charge < -0.3 is 10.1 Å². The highest BCUT2D eigenvalue weighted by atomic mass is 19.1. The summed E-state index contributed by atoms with van der Waals surface area (Å²) in [5.41, 5.74) is 0.822. The van der Waals surface area contributed by atoms with Crippen LogP contribution in [0.15, 0.2) is 18.2 Å². The first-order valence-electron chi connectivity index (χ1n) is 5.27. The minimum Gasteiger partial charge on any atom is -0.493 e.